The van der Waals surface area contributed by atoms with Crippen LogP contribution in [0, 0.1) is 5.82 Å². The lowest BCUT2D eigenvalue weighted by Crippen LogP contribution is -2.28. The van der Waals surface area contributed by atoms with Crippen LogP contribution in [0.3, 0.4) is 0 Å². The van der Waals surface area contributed by atoms with E-state index in [0.29, 0.717) is 17.6 Å². The van der Waals surface area contributed by atoms with Gasteiger partial charge in [-0.1, -0.05) is 15.9 Å². The Hall–Kier alpha value is -1.97. The molecule has 0 saturated carbocycles. The molecule has 1 aliphatic rings. The number of carbonyl (C=O) groups excluding carboxylic acids is 1. The van der Waals surface area contributed by atoms with E-state index in [1.165, 1.54) is 41.7 Å². The molecule has 27 heavy (non-hydrogen) atoms. The number of nitrogens with zero attached hydrogens (tertiary/aromatic N) is 1. The van der Waals surface area contributed by atoms with Crippen molar-refractivity contribution in [3.8, 4) is 5.75 Å². The van der Waals surface area contributed by atoms with Gasteiger partial charge in [-0.3, -0.25) is 4.79 Å². The van der Waals surface area contributed by atoms with Gasteiger partial charge in [0.15, 0.2) is 0 Å². The van der Waals surface area contributed by atoms with E-state index in [4.69, 9.17) is 4.74 Å². The number of anilines is 1. The number of hydrogen-bond donors (Lipinski definition) is 1. The highest BCUT2D eigenvalue weighted by Gasteiger charge is 2.30. The molecule has 0 spiro atoms. The van der Waals surface area contributed by atoms with Gasteiger partial charge in [-0.15, -0.1) is 0 Å². The number of ether oxygens (including phenoxy) is 1. The molecule has 0 unspecified atom stereocenters. The molecule has 0 bridgehead atoms. The van der Waals surface area contributed by atoms with Gasteiger partial charge in [0.05, 0.1) is 12.8 Å². The number of carbonyl (C=O) groups is 1. The molecule has 0 atom stereocenters. The third-order valence-corrected chi connectivity index (χ3v) is 6.70. The third kappa shape index (κ3) is 4.15. The molecule has 9 heteroatoms. The second-order valence-electron chi connectivity index (χ2n) is 6.06. The summed E-state index contributed by atoms with van der Waals surface area (Å²) in [7, 11) is -2.41. The standard InChI is InChI=1S/C18H18BrFN2O4S/c1-26-16-7-4-12(10-17(16)27(24,25)22-8-2-3-9-22)18(23)21-15-6-5-13(19)11-14(15)20/h4-7,10-11H,2-3,8-9H2,1H3,(H,21,23). The van der Waals surface area contributed by atoms with Gasteiger partial charge in [0.25, 0.3) is 5.91 Å². The van der Waals surface area contributed by atoms with Gasteiger partial charge >= 0.3 is 0 Å². The molecule has 144 valence electrons. The van der Waals surface area contributed by atoms with Crippen molar-refractivity contribution in [3.63, 3.8) is 0 Å². The van der Waals surface area contributed by atoms with Gasteiger partial charge in [-0.05, 0) is 49.2 Å². The Morgan fingerprint density at radius 3 is 2.52 bits per heavy atom. The van der Waals surface area contributed by atoms with Gasteiger partial charge in [0.1, 0.15) is 16.5 Å². The fraction of sp³-hybridized carbons (Fsp3) is 0.278. The van der Waals surface area contributed by atoms with Crippen LogP contribution in [0.1, 0.15) is 23.2 Å². The number of benzene rings is 2. The summed E-state index contributed by atoms with van der Waals surface area (Å²) in [6.07, 6.45) is 1.59. The quantitative estimate of drug-likeness (QED) is 0.744. The van der Waals surface area contributed by atoms with Crippen LogP contribution in [0.25, 0.3) is 0 Å². The first-order valence-electron chi connectivity index (χ1n) is 8.27. The fourth-order valence-electron chi connectivity index (χ4n) is 2.87. The second-order valence-corrected chi connectivity index (χ2v) is 8.88. The van der Waals surface area contributed by atoms with Crippen molar-refractivity contribution < 1.29 is 22.3 Å². The minimum Gasteiger partial charge on any atom is -0.495 e. The highest BCUT2D eigenvalue weighted by atomic mass is 79.9. The zero-order valence-corrected chi connectivity index (χ0v) is 16.9. The Morgan fingerprint density at radius 1 is 1.19 bits per heavy atom. The summed E-state index contributed by atoms with van der Waals surface area (Å²) in [5.74, 6) is -1.05. The summed E-state index contributed by atoms with van der Waals surface area (Å²) < 4.78 is 46.8. The van der Waals surface area contributed by atoms with Crippen molar-refractivity contribution >= 4 is 37.5 Å². The van der Waals surface area contributed by atoms with E-state index in [-0.39, 0.29) is 21.9 Å². The van der Waals surface area contributed by atoms with Gasteiger partial charge in [-0.25, -0.2) is 12.8 Å². The van der Waals surface area contributed by atoms with Crippen LogP contribution >= 0.6 is 15.9 Å². The SMILES string of the molecule is COc1ccc(C(=O)Nc2ccc(Br)cc2F)cc1S(=O)(=O)N1CCCC1. The molecular weight excluding hydrogens is 439 g/mol. The predicted octanol–water partition coefficient (Wildman–Crippen LogP) is 3.63. The average molecular weight is 457 g/mol. The normalized spacial score (nSPS) is 14.9. The number of halogens is 2. The van der Waals surface area contributed by atoms with Crippen LogP contribution in [-0.4, -0.2) is 38.8 Å². The topological polar surface area (TPSA) is 75.7 Å². The Bertz CT molecular complexity index is 975. The first-order chi connectivity index (χ1) is 12.8. The molecular formula is C18H18BrFN2O4S. The molecule has 2 aromatic rings. The summed E-state index contributed by atoms with van der Waals surface area (Å²) in [6.45, 7) is 0.873. The van der Waals surface area contributed by atoms with Gasteiger partial charge in [0.2, 0.25) is 10.0 Å². The van der Waals surface area contributed by atoms with Crippen LogP contribution in [0.2, 0.25) is 0 Å². The molecule has 1 aliphatic heterocycles. The molecule has 0 radical (unpaired) electrons. The van der Waals surface area contributed by atoms with Crippen molar-refractivity contribution in [2.75, 3.05) is 25.5 Å². The zero-order valence-electron chi connectivity index (χ0n) is 14.5. The smallest absolute Gasteiger partial charge is 0.255 e. The minimum absolute atomic E-state index is 0.00275. The number of methoxy groups -OCH3 is 1. The van der Waals surface area contributed by atoms with E-state index in [2.05, 4.69) is 21.2 Å². The lowest BCUT2D eigenvalue weighted by molar-refractivity contribution is 0.102. The maximum atomic E-state index is 14.0. The number of nitrogens with one attached hydrogen (secondary N) is 1. The van der Waals surface area contributed by atoms with Gasteiger partial charge in [0, 0.05) is 23.1 Å². The predicted molar refractivity (Wildman–Crippen MR) is 103 cm³/mol. The summed E-state index contributed by atoms with van der Waals surface area (Å²) in [5, 5.41) is 2.46. The molecule has 2 aromatic carbocycles. The summed E-state index contributed by atoms with van der Waals surface area (Å²) in [5.41, 5.74) is 0.0962. The molecule has 1 saturated heterocycles. The van der Waals surface area contributed by atoms with Crippen molar-refractivity contribution in [2.45, 2.75) is 17.7 Å². The summed E-state index contributed by atoms with van der Waals surface area (Å²) in [4.78, 5) is 12.4. The maximum Gasteiger partial charge on any atom is 0.255 e. The van der Waals surface area contributed by atoms with Crippen LogP contribution < -0.4 is 10.1 Å². The van der Waals surface area contributed by atoms with Crippen LogP contribution in [0.4, 0.5) is 10.1 Å². The van der Waals surface area contributed by atoms with Crippen molar-refractivity contribution in [2.24, 2.45) is 0 Å². The molecule has 6 nitrogen and oxygen atoms in total. The van der Waals surface area contributed by atoms with E-state index in [1.54, 1.807) is 6.07 Å². The van der Waals surface area contributed by atoms with Gasteiger partial charge in [-0.2, -0.15) is 4.31 Å². The summed E-state index contributed by atoms with van der Waals surface area (Å²) >= 11 is 3.15. The minimum atomic E-state index is -3.78. The highest BCUT2D eigenvalue weighted by molar-refractivity contribution is 9.10. The van der Waals surface area contributed by atoms with Crippen LogP contribution in [0.15, 0.2) is 45.8 Å². The molecule has 1 amide bonds. The van der Waals surface area contributed by atoms with Crippen LogP contribution in [-0.2, 0) is 10.0 Å². The Morgan fingerprint density at radius 2 is 1.89 bits per heavy atom. The van der Waals surface area contributed by atoms with Crippen molar-refractivity contribution in [1.82, 2.24) is 4.31 Å². The Kier molecular flexibility index (Phi) is 5.83. The third-order valence-electron chi connectivity index (χ3n) is 4.29. The molecule has 3 rings (SSSR count). The van der Waals surface area contributed by atoms with Gasteiger partial charge < -0.3 is 10.1 Å². The molecule has 0 aromatic heterocycles. The Balaban J connectivity index is 1.93. The molecule has 1 N–H and O–H groups in total. The van der Waals surface area contributed by atoms with E-state index in [0.717, 1.165) is 12.8 Å². The van der Waals surface area contributed by atoms with Crippen LogP contribution in [0.5, 0.6) is 5.75 Å². The zero-order chi connectivity index (χ0) is 19.6. The number of hydrogen-bond acceptors (Lipinski definition) is 4. The fourth-order valence-corrected chi connectivity index (χ4v) is 4.90. The van der Waals surface area contributed by atoms with E-state index >= 15 is 0 Å². The molecule has 1 heterocycles. The molecule has 1 fully saturated rings. The average Bonchev–Trinajstić information content (AvgIpc) is 3.19. The largest absolute Gasteiger partial charge is 0.495 e. The summed E-state index contributed by atoms with van der Waals surface area (Å²) in [6, 6.07) is 8.37. The monoisotopic (exact) mass is 456 g/mol. The number of amides is 1. The second kappa shape index (κ2) is 7.95. The van der Waals surface area contributed by atoms with E-state index < -0.39 is 21.7 Å². The highest BCUT2D eigenvalue weighted by Crippen LogP contribution is 2.30. The first-order valence-corrected chi connectivity index (χ1v) is 10.5. The van der Waals surface area contributed by atoms with E-state index in [9.17, 15) is 17.6 Å². The van der Waals surface area contributed by atoms with E-state index in [1.807, 2.05) is 0 Å². The lowest BCUT2D eigenvalue weighted by atomic mass is 10.2. The number of rotatable bonds is 5. The Labute approximate surface area is 165 Å². The maximum absolute atomic E-state index is 14.0. The van der Waals surface area contributed by atoms with Crippen molar-refractivity contribution in [3.05, 3.63) is 52.3 Å². The first kappa shape index (κ1) is 19.8. The number of sulfonamides is 1. The molecule has 0 aliphatic carbocycles. The van der Waals surface area contributed by atoms with Crippen molar-refractivity contribution in [1.29, 1.82) is 0 Å². The lowest BCUT2D eigenvalue weighted by Gasteiger charge is -2.18.